The third kappa shape index (κ3) is 6.05. The number of nitrogens with one attached hydrogen (secondary N) is 1. The van der Waals surface area contributed by atoms with Crippen LogP contribution in [-0.2, 0) is 13.2 Å². The van der Waals surface area contributed by atoms with E-state index in [1.165, 1.54) is 6.07 Å². The lowest BCUT2D eigenvalue weighted by Gasteiger charge is -2.06. The minimum atomic E-state index is -0.496. The Balaban J connectivity index is 1.38. The number of benzene rings is 2. The van der Waals surface area contributed by atoms with E-state index in [-0.39, 0.29) is 23.2 Å². The van der Waals surface area contributed by atoms with Crippen LogP contribution in [0.4, 0.5) is 5.82 Å². The number of nitrogens with zero attached hydrogens (tertiary/aromatic N) is 2. The third-order valence-electron chi connectivity index (χ3n) is 4.43. The van der Waals surface area contributed by atoms with Crippen LogP contribution < -0.4 is 10.1 Å². The van der Waals surface area contributed by atoms with Gasteiger partial charge in [-0.1, -0.05) is 68.4 Å². The van der Waals surface area contributed by atoms with E-state index in [0.29, 0.717) is 33.1 Å². The van der Waals surface area contributed by atoms with Crippen molar-refractivity contribution in [2.24, 2.45) is 0 Å². The number of hydrogen-bond acceptors (Lipinski definition) is 4. The number of rotatable bonds is 7. The molecule has 0 aliphatic carbocycles. The van der Waals surface area contributed by atoms with Gasteiger partial charge in [-0.25, -0.2) is 0 Å². The maximum absolute atomic E-state index is 12.6. The van der Waals surface area contributed by atoms with Gasteiger partial charge in [0.25, 0.3) is 5.91 Å². The normalized spacial score (nSPS) is 10.9. The molecule has 1 amide bonds. The summed E-state index contributed by atoms with van der Waals surface area (Å²) < 4.78 is 13.7. The van der Waals surface area contributed by atoms with Crippen molar-refractivity contribution < 1.29 is 13.9 Å². The maximum Gasteiger partial charge on any atom is 0.292 e. The summed E-state index contributed by atoms with van der Waals surface area (Å²) in [5.41, 5.74) is 0.878. The smallest absolute Gasteiger partial charge is 0.292 e. The summed E-state index contributed by atoms with van der Waals surface area (Å²) in [6.45, 7) is 0.501. The fourth-order valence-electron chi connectivity index (χ4n) is 2.88. The second-order valence-electron chi connectivity index (χ2n) is 6.86. The number of anilines is 1. The first-order valence-electron chi connectivity index (χ1n) is 9.43. The SMILES string of the molecule is O=C(Nc1nn(Cc2ccc(Cl)c(Cl)c2)cc1Cl)c1ccc(COc2ccc(Br)cc2Cl)o1. The standard InChI is InChI=1S/C22H14BrCl4N3O3/c23-13-2-5-19(17(26)8-13)32-11-14-3-6-20(33-14)22(31)28-21-18(27)10-30(29-21)9-12-1-4-15(24)16(25)7-12/h1-8,10H,9,11H2,(H,28,29,31). The van der Waals surface area contributed by atoms with Crippen LogP contribution >= 0.6 is 62.3 Å². The Hall–Kier alpha value is -2.16. The lowest BCUT2D eigenvalue weighted by atomic mass is 10.2. The highest BCUT2D eigenvalue weighted by molar-refractivity contribution is 9.10. The summed E-state index contributed by atoms with van der Waals surface area (Å²) in [6.07, 6.45) is 1.60. The molecule has 0 aliphatic heterocycles. The van der Waals surface area contributed by atoms with Gasteiger partial charge in [0, 0.05) is 10.7 Å². The first kappa shape index (κ1) is 24.0. The average Bonchev–Trinajstić information content (AvgIpc) is 3.37. The van der Waals surface area contributed by atoms with Crippen LogP contribution in [0, 0.1) is 0 Å². The Bertz CT molecular complexity index is 1320. The molecule has 0 unspecified atom stereocenters. The summed E-state index contributed by atoms with van der Waals surface area (Å²) in [7, 11) is 0. The molecule has 2 heterocycles. The number of aromatic nitrogens is 2. The zero-order chi connectivity index (χ0) is 23.5. The van der Waals surface area contributed by atoms with Crippen molar-refractivity contribution in [2.75, 3.05) is 5.32 Å². The second-order valence-corrected chi connectivity index (χ2v) is 9.40. The van der Waals surface area contributed by atoms with Crippen LogP contribution in [0.15, 0.2) is 63.6 Å². The van der Waals surface area contributed by atoms with Crippen LogP contribution in [0.25, 0.3) is 0 Å². The Morgan fingerprint density at radius 2 is 1.82 bits per heavy atom. The molecular weight excluding hydrogens is 576 g/mol. The Morgan fingerprint density at radius 3 is 2.58 bits per heavy atom. The van der Waals surface area contributed by atoms with Gasteiger partial charge in [-0.05, 0) is 48.0 Å². The van der Waals surface area contributed by atoms with Crippen molar-refractivity contribution in [1.82, 2.24) is 9.78 Å². The Morgan fingerprint density at radius 1 is 1.00 bits per heavy atom. The molecular formula is C22H14BrCl4N3O3. The number of ether oxygens (including phenoxy) is 1. The van der Waals surface area contributed by atoms with Crippen molar-refractivity contribution in [3.8, 4) is 5.75 Å². The number of amides is 1. The monoisotopic (exact) mass is 587 g/mol. The van der Waals surface area contributed by atoms with Crippen LogP contribution in [0.3, 0.4) is 0 Å². The van der Waals surface area contributed by atoms with Gasteiger partial charge in [0.05, 0.1) is 21.6 Å². The van der Waals surface area contributed by atoms with Gasteiger partial charge in [0.1, 0.15) is 23.1 Å². The van der Waals surface area contributed by atoms with Crippen molar-refractivity contribution in [3.05, 3.63) is 96.4 Å². The van der Waals surface area contributed by atoms with E-state index in [2.05, 4.69) is 26.3 Å². The summed E-state index contributed by atoms with van der Waals surface area (Å²) in [4.78, 5) is 12.6. The molecule has 0 saturated heterocycles. The van der Waals surface area contributed by atoms with E-state index in [4.69, 9.17) is 55.6 Å². The number of halogens is 5. The Labute approximate surface area is 217 Å². The highest BCUT2D eigenvalue weighted by atomic mass is 79.9. The number of furan rings is 1. The molecule has 6 nitrogen and oxygen atoms in total. The zero-order valence-electron chi connectivity index (χ0n) is 16.6. The molecule has 4 rings (SSSR count). The van der Waals surface area contributed by atoms with Gasteiger partial charge in [-0.3, -0.25) is 9.48 Å². The van der Waals surface area contributed by atoms with Crippen molar-refractivity contribution >= 4 is 74.1 Å². The predicted molar refractivity (Wildman–Crippen MR) is 133 cm³/mol. The van der Waals surface area contributed by atoms with Crippen molar-refractivity contribution in [2.45, 2.75) is 13.2 Å². The van der Waals surface area contributed by atoms with Gasteiger partial charge in [-0.2, -0.15) is 5.10 Å². The topological polar surface area (TPSA) is 69.3 Å². The van der Waals surface area contributed by atoms with E-state index in [9.17, 15) is 4.79 Å². The van der Waals surface area contributed by atoms with Crippen molar-refractivity contribution in [3.63, 3.8) is 0 Å². The Kier molecular flexibility index (Phi) is 7.56. The van der Waals surface area contributed by atoms with E-state index < -0.39 is 5.91 Å². The molecule has 1 N–H and O–H groups in total. The van der Waals surface area contributed by atoms with E-state index >= 15 is 0 Å². The van der Waals surface area contributed by atoms with Gasteiger partial charge in [0.2, 0.25) is 0 Å². The summed E-state index contributed by atoms with van der Waals surface area (Å²) in [5.74, 6) is 0.754. The average molecular weight is 590 g/mol. The molecule has 2 aromatic carbocycles. The molecule has 0 saturated carbocycles. The number of hydrogen-bond donors (Lipinski definition) is 1. The molecule has 11 heteroatoms. The zero-order valence-corrected chi connectivity index (χ0v) is 21.2. The van der Waals surface area contributed by atoms with E-state index in [0.717, 1.165) is 10.0 Å². The lowest BCUT2D eigenvalue weighted by Crippen LogP contribution is -2.12. The summed E-state index contributed by atoms with van der Waals surface area (Å²) >= 11 is 27.7. The maximum atomic E-state index is 12.6. The van der Waals surface area contributed by atoms with Crippen LogP contribution in [-0.4, -0.2) is 15.7 Å². The van der Waals surface area contributed by atoms with Crippen LogP contribution in [0.5, 0.6) is 5.75 Å². The van der Waals surface area contributed by atoms with Gasteiger partial charge < -0.3 is 14.5 Å². The highest BCUT2D eigenvalue weighted by Crippen LogP contribution is 2.29. The third-order valence-corrected chi connectivity index (χ3v) is 6.23. The molecule has 33 heavy (non-hydrogen) atoms. The molecule has 0 fully saturated rings. The minimum Gasteiger partial charge on any atom is -0.484 e. The molecule has 0 atom stereocenters. The first-order chi connectivity index (χ1) is 15.8. The fourth-order valence-corrected chi connectivity index (χ4v) is 4.12. The van der Waals surface area contributed by atoms with Gasteiger partial charge in [-0.15, -0.1) is 0 Å². The molecule has 170 valence electrons. The summed E-state index contributed by atoms with van der Waals surface area (Å²) in [5, 5.41) is 8.61. The number of carbonyl (C=O) groups is 1. The molecule has 4 aromatic rings. The van der Waals surface area contributed by atoms with Gasteiger partial charge >= 0.3 is 0 Å². The first-order valence-corrected chi connectivity index (χ1v) is 11.7. The quantitative estimate of drug-likeness (QED) is 0.239. The largest absolute Gasteiger partial charge is 0.484 e. The van der Waals surface area contributed by atoms with Gasteiger partial charge in [0.15, 0.2) is 11.6 Å². The molecule has 0 radical (unpaired) electrons. The molecule has 0 spiro atoms. The lowest BCUT2D eigenvalue weighted by molar-refractivity contribution is 0.0992. The predicted octanol–water partition coefficient (Wildman–Crippen LogP) is 7.73. The summed E-state index contributed by atoms with van der Waals surface area (Å²) in [6, 6.07) is 13.7. The van der Waals surface area contributed by atoms with E-state index in [1.807, 2.05) is 12.1 Å². The second kappa shape index (κ2) is 10.4. The number of carbonyl (C=O) groups excluding carboxylic acids is 1. The van der Waals surface area contributed by atoms with Crippen molar-refractivity contribution in [1.29, 1.82) is 0 Å². The minimum absolute atomic E-state index is 0.0885. The van der Waals surface area contributed by atoms with E-state index in [1.54, 1.807) is 41.2 Å². The molecule has 0 bridgehead atoms. The van der Waals surface area contributed by atoms with Crippen LogP contribution in [0.2, 0.25) is 20.1 Å². The molecule has 0 aliphatic rings. The van der Waals surface area contributed by atoms with Crippen LogP contribution in [0.1, 0.15) is 21.9 Å². The highest BCUT2D eigenvalue weighted by Gasteiger charge is 2.16. The molecule has 2 aromatic heterocycles. The fraction of sp³-hybridized carbons (Fsp3) is 0.0909.